The quantitative estimate of drug-likeness (QED) is 0.780. The maximum atomic E-state index is 11.6. The van der Waals surface area contributed by atoms with Gasteiger partial charge in [-0.1, -0.05) is 0 Å². The predicted octanol–water partition coefficient (Wildman–Crippen LogP) is -0.150. The number of hydrogen-bond acceptors (Lipinski definition) is 4. The van der Waals surface area contributed by atoms with Crippen molar-refractivity contribution in [3.8, 4) is 0 Å². The Morgan fingerprint density at radius 1 is 1.62 bits per heavy atom. The minimum atomic E-state index is -3.59. The van der Waals surface area contributed by atoms with Crippen LogP contribution in [-0.4, -0.2) is 40.3 Å². The second kappa shape index (κ2) is 4.65. The number of aliphatic carboxylic acids is 1. The maximum absolute atomic E-state index is 11.6. The van der Waals surface area contributed by atoms with Crippen LogP contribution in [0.3, 0.4) is 0 Å². The molecule has 1 aromatic heterocycles. The molecule has 0 bridgehead atoms. The summed E-state index contributed by atoms with van der Waals surface area (Å²) in [7, 11) is -1.88. The molecule has 0 saturated carbocycles. The van der Waals surface area contributed by atoms with Crippen molar-refractivity contribution in [3.05, 3.63) is 18.0 Å². The summed E-state index contributed by atoms with van der Waals surface area (Å²) in [6.45, 7) is 1.18. The van der Waals surface area contributed by atoms with E-state index in [0.717, 1.165) is 5.69 Å². The first kappa shape index (κ1) is 12.7. The van der Waals surface area contributed by atoms with Gasteiger partial charge < -0.3 is 5.11 Å². The zero-order valence-electron chi connectivity index (χ0n) is 9.12. The lowest BCUT2D eigenvalue weighted by molar-refractivity contribution is -0.136. The van der Waals surface area contributed by atoms with Crippen LogP contribution in [0, 0.1) is 0 Å². The Bertz CT molecular complexity index is 477. The summed E-state index contributed by atoms with van der Waals surface area (Å²) in [5.41, 5.74) is 0.765. The Balaban J connectivity index is 2.69. The first-order valence-corrected chi connectivity index (χ1v) is 6.47. The number of carbonyl (C=O) groups is 1. The molecule has 0 spiro atoms. The topological polar surface area (TPSA) is 89.3 Å². The summed E-state index contributed by atoms with van der Waals surface area (Å²) in [5.74, 6) is -1.50. The molecule has 0 aliphatic carbocycles. The van der Waals surface area contributed by atoms with Gasteiger partial charge in [-0.2, -0.15) is 5.10 Å². The third-order valence-electron chi connectivity index (χ3n) is 2.45. The summed E-state index contributed by atoms with van der Waals surface area (Å²) in [5, 5.41) is 11.2. The third-order valence-corrected chi connectivity index (χ3v) is 4.50. The lowest BCUT2D eigenvalue weighted by Crippen LogP contribution is -2.29. The van der Waals surface area contributed by atoms with Gasteiger partial charge in [-0.25, -0.2) is 8.42 Å². The van der Waals surface area contributed by atoms with Crippen molar-refractivity contribution in [2.45, 2.75) is 18.6 Å². The van der Waals surface area contributed by atoms with Gasteiger partial charge in [0, 0.05) is 25.4 Å². The molecule has 0 amide bonds. The van der Waals surface area contributed by atoms with E-state index in [-0.39, 0.29) is 12.2 Å². The molecule has 1 unspecified atom stereocenters. The van der Waals surface area contributed by atoms with Crippen molar-refractivity contribution in [2.24, 2.45) is 7.05 Å². The Morgan fingerprint density at radius 2 is 2.25 bits per heavy atom. The molecule has 0 saturated heterocycles. The summed E-state index contributed by atoms with van der Waals surface area (Å²) in [4.78, 5) is 10.6. The number of sulfone groups is 1. The molecule has 1 aromatic rings. The van der Waals surface area contributed by atoms with Crippen LogP contribution >= 0.6 is 0 Å². The smallest absolute Gasteiger partial charge is 0.321 e. The number of aryl methyl sites for hydroxylation is 2. The van der Waals surface area contributed by atoms with E-state index in [4.69, 9.17) is 5.11 Å². The van der Waals surface area contributed by atoms with Gasteiger partial charge in [-0.15, -0.1) is 0 Å². The van der Waals surface area contributed by atoms with Gasteiger partial charge in [-0.05, 0) is 13.0 Å². The summed E-state index contributed by atoms with van der Waals surface area (Å²) < 4.78 is 24.7. The van der Waals surface area contributed by atoms with E-state index in [2.05, 4.69) is 5.10 Å². The van der Waals surface area contributed by atoms with Gasteiger partial charge in [0.15, 0.2) is 15.1 Å². The standard InChI is InChI=1S/C9H14N2O4S/c1-7(9(12)13)16(14,15)6-4-8-3-5-10-11(8)2/h3,5,7H,4,6H2,1-2H3,(H,12,13). The molecule has 0 radical (unpaired) electrons. The highest BCUT2D eigenvalue weighted by molar-refractivity contribution is 7.92. The van der Waals surface area contributed by atoms with Crippen LogP contribution in [-0.2, 0) is 28.1 Å². The fourth-order valence-electron chi connectivity index (χ4n) is 1.22. The van der Waals surface area contributed by atoms with E-state index in [1.54, 1.807) is 24.0 Å². The Labute approximate surface area is 93.8 Å². The molecule has 6 nitrogen and oxygen atoms in total. The molecule has 0 fully saturated rings. The Kier molecular flexibility index (Phi) is 3.69. The highest BCUT2D eigenvalue weighted by Gasteiger charge is 2.27. The van der Waals surface area contributed by atoms with E-state index in [9.17, 15) is 13.2 Å². The minimum absolute atomic E-state index is 0.181. The molecule has 16 heavy (non-hydrogen) atoms. The van der Waals surface area contributed by atoms with Crippen molar-refractivity contribution in [1.29, 1.82) is 0 Å². The number of hydrogen-bond donors (Lipinski definition) is 1. The second-order valence-electron chi connectivity index (χ2n) is 3.54. The van der Waals surface area contributed by atoms with Crippen molar-refractivity contribution < 1.29 is 18.3 Å². The zero-order valence-corrected chi connectivity index (χ0v) is 9.94. The van der Waals surface area contributed by atoms with E-state index < -0.39 is 21.1 Å². The fourth-order valence-corrected chi connectivity index (χ4v) is 2.38. The van der Waals surface area contributed by atoms with E-state index >= 15 is 0 Å². The van der Waals surface area contributed by atoms with Gasteiger partial charge in [0.25, 0.3) is 0 Å². The van der Waals surface area contributed by atoms with Gasteiger partial charge >= 0.3 is 5.97 Å². The van der Waals surface area contributed by atoms with Crippen LogP contribution in [0.25, 0.3) is 0 Å². The number of aromatic nitrogens is 2. The molecule has 0 aliphatic rings. The monoisotopic (exact) mass is 246 g/mol. The van der Waals surface area contributed by atoms with Crippen molar-refractivity contribution >= 4 is 15.8 Å². The average Bonchev–Trinajstić information content (AvgIpc) is 2.60. The highest BCUT2D eigenvalue weighted by atomic mass is 32.2. The van der Waals surface area contributed by atoms with E-state index in [1.807, 2.05) is 0 Å². The van der Waals surface area contributed by atoms with Crippen molar-refractivity contribution in [1.82, 2.24) is 9.78 Å². The lowest BCUT2D eigenvalue weighted by Gasteiger charge is -2.08. The normalized spacial score (nSPS) is 13.6. The molecule has 0 aromatic carbocycles. The summed E-state index contributed by atoms with van der Waals surface area (Å²) in [6, 6.07) is 1.71. The van der Waals surface area contributed by atoms with Crippen LogP contribution in [0.1, 0.15) is 12.6 Å². The number of carboxylic acids is 1. The van der Waals surface area contributed by atoms with Crippen LogP contribution in [0.5, 0.6) is 0 Å². The number of rotatable bonds is 5. The van der Waals surface area contributed by atoms with E-state index in [0.29, 0.717) is 0 Å². The molecule has 0 aliphatic heterocycles. The molecule has 90 valence electrons. The predicted molar refractivity (Wildman–Crippen MR) is 57.8 cm³/mol. The third kappa shape index (κ3) is 2.82. The van der Waals surface area contributed by atoms with Gasteiger partial charge in [0.2, 0.25) is 0 Å². The van der Waals surface area contributed by atoms with Crippen LogP contribution in [0.4, 0.5) is 0 Å². The first-order chi connectivity index (χ1) is 7.34. The van der Waals surface area contributed by atoms with Gasteiger partial charge in [0.1, 0.15) is 0 Å². The zero-order chi connectivity index (χ0) is 12.3. The molecule has 1 rings (SSSR count). The molecule has 1 atom stereocenters. The average molecular weight is 246 g/mol. The van der Waals surface area contributed by atoms with E-state index in [1.165, 1.54) is 6.92 Å². The van der Waals surface area contributed by atoms with Crippen molar-refractivity contribution in [2.75, 3.05) is 5.75 Å². The SMILES string of the molecule is CC(C(=O)O)S(=O)(=O)CCc1ccnn1C. The maximum Gasteiger partial charge on any atom is 0.321 e. The molecule has 1 heterocycles. The first-order valence-electron chi connectivity index (χ1n) is 4.76. The summed E-state index contributed by atoms with van der Waals surface area (Å²) >= 11 is 0. The van der Waals surface area contributed by atoms with Crippen LogP contribution < -0.4 is 0 Å². The Hall–Kier alpha value is -1.37. The fraction of sp³-hybridized carbons (Fsp3) is 0.556. The van der Waals surface area contributed by atoms with Crippen molar-refractivity contribution in [3.63, 3.8) is 0 Å². The largest absolute Gasteiger partial charge is 0.480 e. The molecular formula is C9H14N2O4S. The Morgan fingerprint density at radius 3 is 2.69 bits per heavy atom. The molecular weight excluding hydrogens is 232 g/mol. The molecule has 1 N–H and O–H groups in total. The minimum Gasteiger partial charge on any atom is -0.480 e. The number of carboxylic acid groups (broad SMARTS) is 1. The van der Waals surface area contributed by atoms with Crippen LogP contribution in [0.2, 0.25) is 0 Å². The van der Waals surface area contributed by atoms with Crippen LogP contribution in [0.15, 0.2) is 12.3 Å². The summed E-state index contributed by atoms with van der Waals surface area (Å²) in [6.07, 6.45) is 1.85. The molecule has 7 heteroatoms. The lowest BCUT2D eigenvalue weighted by atomic mass is 10.3. The number of nitrogens with zero attached hydrogens (tertiary/aromatic N) is 2. The second-order valence-corrected chi connectivity index (χ2v) is 5.98. The van der Waals surface area contributed by atoms with Gasteiger partial charge in [0.05, 0.1) is 5.75 Å². The highest BCUT2D eigenvalue weighted by Crippen LogP contribution is 2.06. The van der Waals surface area contributed by atoms with Gasteiger partial charge in [-0.3, -0.25) is 9.48 Å².